The molecule has 0 spiro atoms. The van der Waals surface area contributed by atoms with Crippen molar-refractivity contribution in [3.05, 3.63) is 46.6 Å². The topological polar surface area (TPSA) is 58.4 Å². The van der Waals surface area contributed by atoms with Gasteiger partial charge in [0.1, 0.15) is 17.3 Å². The monoisotopic (exact) mass is 351 g/mol. The fourth-order valence-corrected chi connectivity index (χ4v) is 3.12. The Hall–Kier alpha value is -2.08. The molecule has 1 unspecified atom stereocenters. The summed E-state index contributed by atoms with van der Waals surface area (Å²) in [5, 5.41) is 6.85. The van der Waals surface area contributed by atoms with Crippen molar-refractivity contribution in [2.24, 2.45) is 0 Å². The molecule has 5 nitrogen and oxygen atoms in total. The van der Waals surface area contributed by atoms with Crippen LogP contribution in [-0.2, 0) is 6.42 Å². The molecule has 2 amide bonds. The minimum Gasteiger partial charge on any atom is -0.361 e. The Morgan fingerprint density at radius 3 is 3.08 bits per heavy atom. The van der Waals surface area contributed by atoms with Crippen LogP contribution in [0.3, 0.4) is 0 Å². The molecule has 2 aromatic rings. The number of rotatable bonds is 4. The highest BCUT2D eigenvalue weighted by Crippen LogP contribution is 2.32. The summed E-state index contributed by atoms with van der Waals surface area (Å²) in [5.74, 6) is 0.324. The number of urea groups is 1. The van der Waals surface area contributed by atoms with Crippen LogP contribution < -0.4 is 5.32 Å². The number of hydrogen-bond donors (Lipinski definition) is 1. The van der Waals surface area contributed by atoms with Crippen LogP contribution in [0.1, 0.15) is 43.7 Å². The lowest BCUT2D eigenvalue weighted by molar-refractivity contribution is 0.204. The Balaban J connectivity index is 1.71. The molecule has 2 heterocycles. The van der Waals surface area contributed by atoms with Gasteiger partial charge in [-0.25, -0.2) is 9.18 Å². The van der Waals surface area contributed by atoms with E-state index in [1.807, 2.05) is 6.07 Å². The first-order valence-electron chi connectivity index (χ1n) is 8.06. The van der Waals surface area contributed by atoms with E-state index < -0.39 is 5.82 Å². The van der Waals surface area contributed by atoms with Gasteiger partial charge in [-0.3, -0.25) is 0 Å². The van der Waals surface area contributed by atoms with Crippen LogP contribution in [0.25, 0.3) is 0 Å². The highest BCUT2D eigenvalue weighted by Gasteiger charge is 2.32. The zero-order chi connectivity index (χ0) is 17.1. The average Bonchev–Trinajstić information content (AvgIpc) is 3.20. The zero-order valence-electron chi connectivity index (χ0n) is 13.4. The number of halogens is 2. The van der Waals surface area contributed by atoms with E-state index >= 15 is 0 Å². The van der Waals surface area contributed by atoms with Gasteiger partial charge in [-0.05, 0) is 37.5 Å². The maximum atomic E-state index is 13.2. The summed E-state index contributed by atoms with van der Waals surface area (Å²) >= 11 is 5.75. The second-order valence-corrected chi connectivity index (χ2v) is 6.29. The number of carbonyl (C=O) groups excluding carboxylic acids is 1. The van der Waals surface area contributed by atoms with Crippen LogP contribution >= 0.6 is 11.6 Å². The van der Waals surface area contributed by atoms with Gasteiger partial charge in [-0.1, -0.05) is 23.7 Å². The third-order valence-corrected chi connectivity index (χ3v) is 4.39. The standard InChI is InChI=1S/C17H19ClFN3O2/c1-2-4-12-10-15(21-24-12)16-5-3-8-22(16)17(23)20-11-6-7-14(19)13(18)9-11/h6-7,9-10,16H,2-5,8H2,1H3,(H,20,23). The Labute approximate surface area is 144 Å². The Bertz CT molecular complexity index is 734. The predicted octanol–water partition coefficient (Wildman–Crippen LogP) is 4.79. The molecule has 1 aliphatic rings. The van der Waals surface area contributed by atoms with E-state index in [9.17, 15) is 9.18 Å². The quantitative estimate of drug-likeness (QED) is 0.861. The first-order valence-corrected chi connectivity index (χ1v) is 8.44. The van der Waals surface area contributed by atoms with E-state index in [1.165, 1.54) is 18.2 Å². The minimum absolute atomic E-state index is 0.0218. The molecule has 1 aromatic heterocycles. The smallest absolute Gasteiger partial charge is 0.322 e. The van der Waals surface area contributed by atoms with Crippen molar-refractivity contribution in [3.8, 4) is 0 Å². The summed E-state index contributed by atoms with van der Waals surface area (Å²) in [6.45, 7) is 2.72. The van der Waals surface area contributed by atoms with E-state index in [0.717, 1.165) is 37.1 Å². The van der Waals surface area contributed by atoms with Crippen LogP contribution in [-0.4, -0.2) is 22.6 Å². The zero-order valence-corrected chi connectivity index (χ0v) is 14.1. The molecule has 24 heavy (non-hydrogen) atoms. The van der Waals surface area contributed by atoms with E-state index in [1.54, 1.807) is 4.90 Å². The molecule has 7 heteroatoms. The van der Waals surface area contributed by atoms with E-state index in [2.05, 4.69) is 17.4 Å². The second-order valence-electron chi connectivity index (χ2n) is 5.88. The molecule has 0 saturated carbocycles. The van der Waals surface area contributed by atoms with Gasteiger partial charge >= 0.3 is 6.03 Å². The Kier molecular flexibility index (Phi) is 5.04. The van der Waals surface area contributed by atoms with Gasteiger partial charge in [0.05, 0.1) is 11.1 Å². The van der Waals surface area contributed by atoms with E-state index in [-0.39, 0.29) is 17.1 Å². The number of aromatic nitrogens is 1. The largest absolute Gasteiger partial charge is 0.361 e. The maximum absolute atomic E-state index is 13.2. The molecule has 0 radical (unpaired) electrons. The summed E-state index contributed by atoms with van der Waals surface area (Å²) in [7, 11) is 0. The number of nitrogens with zero attached hydrogens (tertiary/aromatic N) is 2. The lowest BCUT2D eigenvalue weighted by atomic mass is 10.1. The van der Waals surface area contributed by atoms with Gasteiger partial charge in [0.25, 0.3) is 0 Å². The predicted molar refractivity (Wildman–Crippen MR) is 89.6 cm³/mol. The molecule has 1 atom stereocenters. The second kappa shape index (κ2) is 7.21. The molecule has 128 valence electrons. The van der Waals surface area contributed by atoms with Crippen molar-refractivity contribution in [1.29, 1.82) is 0 Å². The normalized spacial score (nSPS) is 17.3. The Morgan fingerprint density at radius 2 is 2.33 bits per heavy atom. The lowest BCUT2D eigenvalue weighted by Crippen LogP contribution is -2.34. The minimum atomic E-state index is -0.514. The summed E-state index contributed by atoms with van der Waals surface area (Å²) in [4.78, 5) is 14.3. The molecular formula is C17H19ClFN3O2. The van der Waals surface area contributed by atoms with Gasteiger partial charge in [0.2, 0.25) is 0 Å². The van der Waals surface area contributed by atoms with Crippen LogP contribution in [0, 0.1) is 5.82 Å². The summed E-state index contributed by atoms with van der Waals surface area (Å²) in [6.07, 6.45) is 3.56. The van der Waals surface area contributed by atoms with Gasteiger partial charge in [-0.15, -0.1) is 0 Å². The molecule has 3 rings (SSSR count). The maximum Gasteiger partial charge on any atom is 0.322 e. The SMILES string of the molecule is CCCc1cc(C2CCCN2C(=O)Nc2ccc(F)c(Cl)c2)no1. The summed E-state index contributed by atoms with van der Waals surface area (Å²) in [5.41, 5.74) is 1.24. The average molecular weight is 352 g/mol. The molecule has 1 N–H and O–H groups in total. The van der Waals surface area contributed by atoms with Crippen molar-refractivity contribution >= 4 is 23.3 Å². The summed E-state index contributed by atoms with van der Waals surface area (Å²) < 4.78 is 18.5. The number of amides is 2. The van der Waals surface area contributed by atoms with Gasteiger partial charge in [-0.2, -0.15) is 0 Å². The Morgan fingerprint density at radius 1 is 1.50 bits per heavy atom. The van der Waals surface area contributed by atoms with Crippen LogP contribution in [0.15, 0.2) is 28.8 Å². The first kappa shape index (κ1) is 16.8. The molecule has 1 saturated heterocycles. The first-order chi connectivity index (χ1) is 11.6. The van der Waals surface area contributed by atoms with Crippen molar-refractivity contribution < 1.29 is 13.7 Å². The van der Waals surface area contributed by atoms with Crippen molar-refractivity contribution in [3.63, 3.8) is 0 Å². The number of carbonyl (C=O) groups is 1. The molecule has 1 aliphatic heterocycles. The van der Waals surface area contributed by atoms with E-state index in [4.69, 9.17) is 16.1 Å². The van der Waals surface area contributed by atoms with Crippen LogP contribution in [0.4, 0.5) is 14.9 Å². The highest BCUT2D eigenvalue weighted by atomic mass is 35.5. The number of hydrogen-bond acceptors (Lipinski definition) is 3. The number of benzene rings is 1. The van der Waals surface area contributed by atoms with Crippen molar-refractivity contribution in [2.45, 2.75) is 38.6 Å². The van der Waals surface area contributed by atoms with Crippen molar-refractivity contribution in [1.82, 2.24) is 10.1 Å². The van der Waals surface area contributed by atoms with Crippen LogP contribution in [0.5, 0.6) is 0 Å². The van der Waals surface area contributed by atoms with Gasteiger partial charge in [0.15, 0.2) is 0 Å². The molecule has 0 bridgehead atoms. The molecular weight excluding hydrogens is 333 g/mol. The molecule has 1 aromatic carbocycles. The van der Waals surface area contributed by atoms with Gasteiger partial charge < -0.3 is 14.7 Å². The number of nitrogens with one attached hydrogen (secondary N) is 1. The van der Waals surface area contributed by atoms with Crippen LogP contribution in [0.2, 0.25) is 5.02 Å². The number of anilines is 1. The van der Waals surface area contributed by atoms with Crippen molar-refractivity contribution in [2.75, 3.05) is 11.9 Å². The molecule has 0 aliphatic carbocycles. The summed E-state index contributed by atoms with van der Waals surface area (Å²) in [6, 6.07) is 5.69. The lowest BCUT2D eigenvalue weighted by Gasteiger charge is -2.23. The van der Waals surface area contributed by atoms with E-state index in [0.29, 0.717) is 12.2 Å². The van der Waals surface area contributed by atoms with Gasteiger partial charge in [0, 0.05) is 24.7 Å². The number of aryl methyl sites for hydroxylation is 1. The fourth-order valence-electron chi connectivity index (χ4n) is 2.94. The highest BCUT2D eigenvalue weighted by molar-refractivity contribution is 6.31. The third-order valence-electron chi connectivity index (χ3n) is 4.10. The molecule has 1 fully saturated rings. The fraction of sp³-hybridized carbons (Fsp3) is 0.412. The number of likely N-dealkylation sites (tertiary alicyclic amines) is 1. The third kappa shape index (κ3) is 3.53.